The Hall–Kier alpha value is -5.20. The van der Waals surface area contributed by atoms with Crippen LogP contribution in [0, 0.1) is 6.92 Å². The van der Waals surface area contributed by atoms with E-state index in [1.807, 2.05) is 6.07 Å². The lowest BCUT2D eigenvalue weighted by atomic mass is 10.2. The maximum Gasteiger partial charge on any atom is 0.332 e. The van der Waals surface area contributed by atoms with Crippen molar-refractivity contribution in [2.45, 2.75) is 45.8 Å². The van der Waals surface area contributed by atoms with Crippen LogP contribution in [0.1, 0.15) is 31.3 Å². The third-order valence-electron chi connectivity index (χ3n) is 7.53. The number of hydrogen-bond donors (Lipinski definition) is 1. The van der Waals surface area contributed by atoms with E-state index in [4.69, 9.17) is 0 Å². The average molecular weight is 567 g/mol. The number of aromatic nitrogens is 8. The lowest BCUT2D eigenvalue weighted by Crippen LogP contribution is -2.40. The van der Waals surface area contributed by atoms with Crippen molar-refractivity contribution in [3.63, 3.8) is 0 Å². The predicted molar refractivity (Wildman–Crippen MR) is 157 cm³/mol. The molecule has 13 heteroatoms. The number of aryl methyl sites for hydroxylation is 2. The van der Waals surface area contributed by atoms with Crippen molar-refractivity contribution >= 4 is 28.8 Å². The van der Waals surface area contributed by atoms with Gasteiger partial charge in [0.25, 0.3) is 5.56 Å². The van der Waals surface area contributed by atoms with Gasteiger partial charge in [-0.2, -0.15) is 0 Å². The lowest BCUT2D eigenvalue weighted by Gasteiger charge is -2.20. The fourth-order valence-corrected chi connectivity index (χ4v) is 5.29. The summed E-state index contributed by atoms with van der Waals surface area (Å²) in [5, 5.41) is 2.81. The number of pyridine rings is 2. The summed E-state index contributed by atoms with van der Waals surface area (Å²) in [5.41, 5.74) is 1.22. The molecule has 42 heavy (non-hydrogen) atoms. The Kier molecular flexibility index (Phi) is 7.07. The molecule has 0 aliphatic carbocycles. The van der Waals surface area contributed by atoms with E-state index < -0.39 is 17.2 Å². The van der Waals surface area contributed by atoms with Crippen LogP contribution in [-0.4, -0.2) is 57.1 Å². The molecule has 214 valence electrons. The molecule has 0 unspecified atom stereocenters. The molecule has 0 aromatic carbocycles. The fourth-order valence-electron chi connectivity index (χ4n) is 5.29. The number of anilines is 2. The maximum absolute atomic E-state index is 13.5. The highest BCUT2D eigenvalue weighted by Crippen LogP contribution is 2.24. The van der Waals surface area contributed by atoms with Crippen LogP contribution in [0.4, 0.5) is 11.8 Å². The van der Waals surface area contributed by atoms with Gasteiger partial charge < -0.3 is 14.8 Å². The van der Waals surface area contributed by atoms with Gasteiger partial charge in [0.05, 0.1) is 17.9 Å². The first-order valence-corrected chi connectivity index (χ1v) is 13.7. The van der Waals surface area contributed by atoms with E-state index in [0.717, 1.165) is 29.5 Å². The van der Waals surface area contributed by atoms with Gasteiger partial charge in [-0.3, -0.25) is 23.7 Å². The van der Waals surface area contributed by atoms with Gasteiger partial charge in [0, 0.05) is 43.8 Å². The molecule has 1 N–H and O–H groups in total. The van der Waals surface area contributed by atoms with Crippen molar-refractivity contribution in [2.24, 2.45) is 7.05 Å². The first-order chi connectivity index (χ1) is 20.3. The van der Waals surface area contributed by atoms with Gasteiger partial charge in [-0.05, 0) is 51.0 Å². The quantitative estimate of drug-likeness (QED) is 0.313. The number of rotatable bonds is 7. The van der Waals surface area contributed by atoms with Gasteiger partial charge in [-0.1, -0.05) is 12.1 Å². The second-order valence-electron chi connectivity index (χ2n) is 10.4. The van der Waals surface area contributed by atoms with Crippen molar-refractivity contribution in [1.29, 1.82) is 0 Å². The molecule has 0 bridgehead atoms. The van der Waals surface area contributed by atoms with Gasteiger partial charge in [-0.15, -0.1) is 0 Å². The summed E-state index contributed by atoms with van der Waals surface area (Å²) in [5.74, 6) is 1.07. The van der Waals surface area contributed by atoms with Crippen molar-refractivity contribution < 1.29 is 4.79 Å². The Morgan fingerprint density at radius 1 is 1.02 bits per heavy atom. The van der Waals surface area contributed by atoms with Gasteiger partial charge in [0.15, 0.2) is 11.2 Å². The van der Waals surface area contributed by atoms with Crippen LogP contribution in [-0.2, 0) is 24.9 Å². The van der Waals surface area contributed by atoms with E-state index in [1.165, 1.54) is 9.13 Å². The Balaban J connectivity index is 1.24. The van der Waals surface area contributed by atoms with E-state index >= 15 is 0 Å². The van der Waals surface area contributed by atoms with Crippen molar-refractivity contribution in [2.75, 3.05) is 16.8 Å². The SMILES string of the molecule is Cc1nc2c(c(=O)n(Cc3ccccn3)c(=O)n2C)n1CC(=O)Nc1cccc(-c2cnc(N3CCC[C@H]3C)nc2)n1. The Morgan fingerprint density at radius 3 is 2.55 bits per heavy atom. The zero-order chi connectivity index (χ0) is 29.4. The second kappa shape index (κ2) is 11.0. The third-order valence-corrected chi connectivity index (χ3v) is 7.53. The summed E-state index contributed by atoms with van der Waals surface area (Å²) < 4.78 is 3.92. The topological polar surface area (TPSA) is 146 Å². The molecule has 1 aliphatic rings. The Morgan fingerprint density at radius 2 is 1.83 bits per heavy atom. The summed E-state index contributed by atoms with van der Waals surface area (Å²) in [7, 11) is 1.55. The number of hydrogen-bond acceptors (Lipinski definition) is 9. The smallest absolute Gasteiger partial charge is 0.332 e. The van der Waals surface area contributed by atoms with E-state index in [-0.39, 0.29) is 24.3 Å². The van der Waals surface area contributed by atoms with Crippen LogP contribution < -0.4 is 21.5 Å². The van der Waals surface area contributed by atoms with Crippen LogP contribution in [0.5, 0.6) is 0 Å². The summed E-state index contributed by atoms with van der Waals surface area (Å²) in [6, 6.07) is 11.0. The van der Waals surface area contributed by atoms with Crippen LogP contribution in [0.2, 0.25) is 0 Å². The molecule has 1 saturated heterocycles. The molecule has 0 radical (unpaired) electrons. The minimum atomic E-state index is -0.543. The first-order valence-electron chi connectivity index (χ1n) is 13.7. The zero-order valence-corrected chi connectivity index (χ0v) is 23.6. The number of nitrogens with one attached hydrogen (secondary N) is 1. The minimum absolute atomic E-state index is 0.00280. The summed E-state index contributed by atoms with van der Waals surface area (Å²) in [6.07, 6.45) is 7.33. The van der Waals surface area contributed by atoms with Crippen LogP contribution >= 0.6 is 0 Å². The monoisotopic (exact) mass is 566 g/mol. The summed E-state index contributed by atoms with van der Waals surface area (Å²) >= 11 is 0. The first kappa shape index (κ1) is 27.0. The van der Waals surface area contributed by atoms with E-state index in [9.17, 15) is 14.4 Å². The van der Waals surface area contributed by atoms with Crippen molar-refractivity contribution in [3.05, 3.63) is 87.3 Å². The zero-order valence-electron chi connectivity index (χ0n) is 23.6. The lowest BCUT2D eigenvalue weighted by molar-refractivity contribution is -0.116. The molecule has 5 aromatic heterocycles. The average Bonchev–Trinajstić information content (AvgIpc) is 3.57. The molecular formula is C29H30N10O3. The van der Waals surface area contributed by atoms with Gasteiger partial charge >= 0.3 is 5.69 Å². The number of fused-ring (bicyclic) bond motifs is 1. The maximum atomic E-state index is 13.5. The second-order valence-corrected chi connectivity index (χ2v) is 10.4. The summed E-state index contributed by atoms with van der Waals surface area (Å²) in [6.45, 7) is 4.60. The van der Waals surface area contributed by atoms with Gasteiger partial charge in [0.1, 0.15) is 18.2 Å². The third kappa shape index (κ3) is 5.04. The molecule has 6 heterocycles. The molecule has 6 rings (SSSR count). The highest BCUT2D eigenvalue weighted by molar-refractivity contribution is 5.91. The number of carbonyl (C=O) groups is 1. The minimum Gasteiger partial charge on any atom is -0.338 e. The Labute approximate surface area is 240 Å². The highest BCUT2D eigenvalue weighted by atomic mass is 16.2. The Bertz CT molecular complexity index is 1890. The number of nitrogens with zero attached hydrogens (tertiary/aromatic N) is 9. The predicted octanol–water partition coefficient (Wildman–Crippen LogP) is 2.13. The van der Waals surface area contributed by atoms with Crippen LogP contribution in [0.3, 0.4) is 0 Å². The molecule has 1 amide bonds. The number of imidazole rings is 1. The standard InChI is InChI=1S/C29H30N10O3/c1-18-8-7-13-37(18)28-31-14-20(15-32-28)22-10-6-11-23(34-22)35-24(40)17-38-19(2)33-26-25(38)27(41)39(29(42)36(26)3)16-21-9-4-5-12-30-21/h4-6,9-12,14-15,18H,7-8,13,16-17H2,1-3H3,(H,34,35,40)/t18-/m1/s1. The van der Waals surface area contributed by atoms with Crippen molar-refractivity contribution in [3.8, 4) is 11.3 Å². The van der Waals surface area contributed by atoms with Gasteiger partial charge in [-0.25, -0.2) is 24.7 Å². The molecule has 5 aromatic rings. The van der Waals surface area contributed by atoms with Crippen LogP contribution in [0.25, 0.3) is 22.4 Å². The van der Waals surface area contributed by atoms with E-state index in [0.29, 0.717) is 35.0 Å². The highest BCUT2D eigenvalue weighted by Gasteiger charge is 2.23. The van der Waals surface area contributed by atoms with E-state index in [2.05, 4.69) is 42.1 Å². The fraction of sp³-hybridized carbons (Fsp3) is 0.310. The molecule has 1 aliphatic heterocycles. The molecule has 1 fully saturated rings. The number of amides is 1. The molecule has 1 atom stereocenters. The molecular weight excluding hydrogens is 536 g/mol. The summed E-state index contributed by atoms with van der Waals surface area (Å²) in [4.78, 5) is 64.2. The van der Waals surface area contributed by atoms with Gasteiger partial charge in [0.2, 0.25) is 11.9 Å². The largest absolute Gasteiger partial charge is 0.338 e. The van der Waals surface area contributed by atoms with Crippen LogP contribution in [0.15, 0.2) is 64.6 Å². The molecule has 0 spiro atoms. The number of carbonyl (C=O) groups excluding carboxylic acids is 1. The van der Waals surface area contributed by atoms with Crippen molar-refractivity contribution in [1.82, 2.24) is 38.6 Å². The molecule has 0 saturated carbocycles. The normalized spacial score (nSPS) is 14.9. The molecule has 13 nitrogen and oxygen atoms in total. The van der Waals surface area contributed by atoms with E-state index in [1.54, 1.807) is 62.9 Å².